The molecule has 12 rings (SSSR count). The molecule has 9 aromatic carbocycles. The number of nitrogens with zero attached hydrogens (tertiary/aromatic N) is 1. The van der Waals surface area contributed by atoms with E-state index in [1.807, 2.05) is 12.1 Å². The minimum atomic E-state index is 0.839. The van der Waals surface area contributed by atoms with Crippen LogP contribution in [0.15, 0.2) is 189 Å². The lowest BCUT2D eigenvalue weighted by Crippen LogP contribution is -2.11. The Morgan fingerprint density at radius 3 is 1.65 bits per heavy atom. The highest BCUT2D eigenvalue weighted by atomic mass is 16.3. The SMILES string of the molecule is c1ccc(N(c2ccc3oc4ccccc4c3c2)c2cccc3oc4c5ccccc5ccc4c23)c(-c2cccc3oc4c5ccccc5ccc4c23)c1. The molecule has 0 aliphatic heterocycles. The highest BCUT2D eigenvalue weighted by molar-refractivity contribution is 6.22. The molecule has 0 N–H and O–H groups in total. The summed E-state index contributed by atoms with van der Waals surface area (Å²) in [6.45, 7) is 0. The lowest BCUT2D eigenvalue weighted by Gasteiger charge is -2.28. The van der Waals surface area contributed by atoms with Crippen LogP contribution in [0.4, 0.5) is 17.1 Å². The average Bonchev–Trinajstić information content (AvgIpc) is 3.93. The summed E-state index contributed by atoms with van der Waals surface area (Å²) < 4.78 is 19.7. The summed E-state index contributed by atoms with van der Waals surface area (Å²) >= 11 is 0. The van der Waals surface area contributed by atoms with Crippen LogP contribution in [-0.4, -0.2) is 0 Å². The molecule has 54 heavy (non-hydrogen) atoms. The summed E-state index contributed by atoms with van der Waals surface area (Å²) in [4.78, 5) is 2.39. The Labute approximate surface area is 308 Å². The molecule has 4 heteroatoms. The van der Waals surface area contributed by atoms with Gasteiger partial charge in [-0.25, -0.2) is 0 Å². The highest BCUT2D eigenvalue weighted by Crippen LogP contribution is 2.49. The summed E-state index contributed by atoms with van der Waals surface area (Å²) in [6, 6.07) is 61.9. The standard InChI is InChI=1S/C50H29NO3/c1-3-13-33-30(11-1)23-26-38-47-37(17-9-21-45(47)53-49(33)38)35-15-5-7-18-41(35)51(32-25-28-44-40(29-32)36-16-6-8-20-43(36)52-44)42-19-10-22-46-48(42)39-27-24-31-12-2-4-14-34(31)50(39)54-46/h1-29H. The topological polar surface area (TPSA) is 42.7 Å². The number of hydrogen-bond donors (Lipinski definition) is 0. The second-order valence-electron chi connectivity index (χ2n) is 14.0. The van der Waals surface area contributed by atoms with Crippen LogP contribution in [0.1, 0.15) is 0 Å². The van der Waals surface area contributed by atoms with Gasteiger partial charge in [0.1, 0.15) is 33.5 Å². The summed E-state index contributed by atoms with van der Waals surface area (Å²) in [7, 11) is 0. The van der Waals surface area contributed by atoms with Gasteiger partial charge in [-0.15, -0.1) is 0 Å². The Kier molecular flexibility index (Phi) is 6.02. The number of benzene rings is 9. The number of hydrogen-bond acceptors (Lipinski definition) is 4. The third kappa shape index (κ3) is 4.13. The number of anilines is 3. The fourth-order valence-corrected chi connectivity index (χ4v) is 8.66. The molecule has 0 amide bonds. The van der Waals surface area contributed by atoms with Crippen molar-refractivity contribution in [2.24, 2.45) is 0 Å². The van der Waals surface area contributed by atoms with Crippen molar-refractivity contribution < 1.29 is 13.3 Å². The van der Waals surface area contributed by atoms with Gasteiger partial charge in [-0.2, -0.15) is 0 Å². The first-order valence-electron chi connectivity index (χ1n) is 18.3. The molecule has 3 heterocycles. The van der Waals surface area contributed by atoms with Gasteiger partial charge in [0.25, 0.3) is 0 Å². The van der Waals surface area contributed by atoms with Gasteiger partial charge in [-0.1, -0.05) is 115 Å². The molecule has 3 aromatic heterocycles. The van der Waals surface area contributed by atoms with Crippen molar-refractivity contribution in [3.63, 3.8) is 0 Å². The molecule has 4 nitrogen and oxygen atoms in total. The van der Waals surface area contributed by atoms with Crippen LogP contribution in [0.2, 0.25) is 0 Å². The van der Waals surface area contributed by atoms with Gasteiger partial charge in [0.05, 0.1) is 16.8 Å². The summed E-state index contributed by atoms with van der Waals surface area (Å²) in [5.41, 5.74) is 10.5. The van der Waals surface area contributed by atoms with E-state index in [4.69, 9.17) is 13.3 Å². The maximum Gasteiger partial charge on any atom is 0.143 e. The predicted octanol–water partition coefficient (Wildman–Crippen LogP) is 14.8. The van der Waals surface area contributed by atoms with E-state index in [0.717, 1.165) is 116 Å². The first kappa shape index (κ1) is 29.3. The number of para-hydroxylation sites is 2. The predicted molar refractivity (Wildman–Crippen MR) is 223 cm³/mol. The van der Waals surface area contributed by atoms with Gasteiger partial charge >= 0.3 is 0 Å². The van der Waals surface area contributed by atoms with Crippen LogP contribution < -0.4 is 4.90 Å². The van der Waals surface area contributed by atoms with E-state index >= 15 is 0 Å². The molecule has 0 saturated heterocycles. The molecule has 0 aliphatic carbocycles. The summed E-state index contributed by atoms with van der Waals surface area (Å²) in [6.07, 6.45) is 0. The smallest absolute Gasteiger partial charge is 0.143 e. The zero-order chi connectivity index (χ0) is 35.3. The van der Waals surface area contributed by atoms with E-state index in [1.165, 1.54) is 0 Å². The number of fused-ring (bicyclic) bond motifs is 13. The largest absolute Gasteiger partial charge is 0.456 e. The zero-order valence-corrected chi connectivity index (χ0v) is 28.9. The van der Waals surface area contributed by atoms with E-state index in [9.17, 15) is 0 Å². The van der Waals surface area contributed by atoms with Crippen molar-refractivity contribution in [3.05, 3.63) is 176 Å². The Morgan fingerprint density at radius 1 is 0.315 bits per heavy atom. The van der Waals surface area contributed by atoms with Crippen molar-refractivity contribution in [2.45, 2.75) is 0 Å². The zero-order valence-electron chi connectivity index (χ0n) is 28.9. The van der Waals surface area contributed by atoms with Crippen LogP contribution in [0.5, 0.6) is 0 Å². The van der Waals surface area contributed by atoms with Gasteiger partial charge < -0.3 is 18.2 Å². The van der Waals surface area contributed by atoms with Gasteiger partial charge in [-0.05, 0) is 77.0 Å². The Hall–Kier alpha value is -7.30. The molecule has 0 radical (unpaired) electrons. The van der Waals surface area contributed by atoms with Crippen molar-refractivity contribution in [1.29, 1.82) is 0 Å². The van der Waals surface area contributed by atoms with Gasteiger partial charge in [0, 0.05) is 49.0 Å². The molecule has 0 saturated carbocycles. The van der Waals surface area contributed by atoms with Crippen molar-refractivity contribution >= 4 is 104 Å². The van der Waals surface area contributed by atoms with Gasteiger partial charge in [-0.3, -0.25) is 0 Å². The first-order chi connectivity index (χ1) is 26.8. The Morgan fingerprint density at radius 2 is 0.870 bits per heavy atom. The fourth-order valence-electron chi connectivity index (χ4n) is 8.66. The highest BCUT2D eigenvalue weighted by Gasteiger charge is 2.25. The third-order valence-corrected chi connectivity index (χ3v) is 11.0. The maximum absolute atomic E-state index is 6.74. The second kappa shape index (κ2) is 11.1. The molecule has 0 fully saturated rings. The molecule has 0 aliphatic rings. The van der Waals surface area contributed by atoms with Crippen LogP contribution in [0.25, 0.3) is 98.5 Å². The second-order valence-corrected chi connectivity index (χ2v) is 14.0. The molecular formula is C50H29NO3. The van der Waals surface area contributed by atoms with Crippen molar-refractivity contribution in [1.82, 2.24) is 0 Å². The molecule has 0 atom stereocenters. The van der Waals surface area contributed by atoms with Crippen LogP contribution in [0, 0.1) is 0 Å². The molecule has 12 aromatic rings. The minimum absolute atomic E-state index is 0.839. The van der Waals surface area contributed by atoms with E-state index in [2.05, 4.69) is 169 Å². The minimum Gasteiger partial charge on any atom is -0.456 e. The van der Waals surface area contributed by atoms with E-state index in [-0.39, 0.29) is 0 Å². The van der Waals surface area contributed by atoms with Crippen LogP contribution >= 0.6 is 0 Å². The van der Waals surface area contributed by atoms with Crippen LogP contribution in [-0.2, 0) is 0 Å². The summed E-state index contributed by atoms with van der Waals surface area (Å²) in [5.74, 6) is 0. The quantitative estimate of drug-likeness (QED) is 0.184. The van der Waals surface area contributed by atoms with E-state index in [1.54, 1.807) is 0 Å². The third-order valence-electron chi connectivity index (χ3n) is 11.0. The maximum atomic E-state index is 6.74. The van der Waals surface area contributed by atoms with Crippen molar-refractivity contribution in [3.8, 4) is 11.1 Å². The lowest BCUT2D eigenvalue weighted by atomic mass is 9.95. The van der Waals surface area contributed by atoms with Gasteiger partial charge in [0.15, 0.2) is 0 Å². The Bertz CT molecular complexity index is 3470. The average molecular weight is 692 g/mol. The summed E-state index contributed by atoms with van der Waals surface area (Å²) in [5, 5.41) is 11.0. The van der Waals surface area contributed by atoms with E-state index in [0.29, 0.717) is 0 Å². The first-order valence-corrected chi connectivity index (χ1v) is 18.3. The lowest BCUT2D eigenvalue weighted by molar-refractivity contribution is 0.669. The fraction of sp³-hybridized carbons (Fsp3) is 0. The van der Waals surface area contributed by atoms with Crippen molar-refractivity contribution in [2.75, 3.05) is 4.90 Å². The Balaban J connectivity index is 1.18. The van der Waals surface area contributed by atoms with E-state index < -0.39 is 0 Å². The molecule has 0 unspecified atom stereocenters. The molecule has 0 spiro atoms. The normalized spacial score (nSPS) is 12.1. The molecule has 252 valence electrons. The monoisotopic (exact) mass is 691 g/mol. The van der Waals surface area contributed by atoms with Gasteiger partial charge in [0.2, 0.25) is 0 Å². The molecular weight excluding hydrogens is 663 g/mol. The number of rotatable bonds is 4. The number of furan rings is 3. The van der Waals surface area contributed by atoms with Crippen LogP contribution in [0.3, 0.4) is 0 Å². The molecule has 0 bridgehead atoms.